The van der Waals surface area contributed by atoms with Gasteiger partial charge >= 0.3 is 5.97 Å². The van der Waals surface area contributed by atoms with Gasteiger partial charge in [-0.05, 0) is 43.4 Å². The molecule has 94 valence electrons. The number of hydrogen-bond acceptors (Lipinski definition) is 3. The molecular weight excluding hydrogens is 214 g/mol. The number of aryl methyl sites for hydroxylation is 1. The van der Waals surface area contributed by atoms with Gasteiger partial charge in [-0.2, -0.15) is 0 Å². The van der Waals surface area contributed by atoms with Crippen LogP contribution in [0.3, 0.4) is 0 Å². The van der Waals surface area contributed by atoms with Gasteiger partial charge in [0, 0.05) is 5.69 Å². The highest BCUT2D eigenvalue weighted by molar-refractivity contribution is 5.95. The van der Waals surface area contributed by atoms with Gasteiger partial charge in [0.15, 0.2) is 0 Å². The maximum atomic E-state index is 11.7. The number of nitrogen functional groups attached to an aromatic ring is 1. The van der Waals surface area contributed by atoms with E-state index in [9.17, 15) is 4.79 Å². The molecule has 0 radical (unpaired) electrons. The third-order valence-electron chi connectivity index (χ3n) is 2.62. The van der Waals surface area contributed by atoms with Gasteiger partial charge in [-0.25, -0.2) is 4.79 Å². The Balaban J connectivity index is 2.82. The number of carbonyl (C=O) groups excluding carboxylic acids is 1. The molecule has 1 aromatic carbocycles. The number of esters is 1. The van der Waals surface area contributed by atoms with E-state index in [1.807, 2.05) is 12.1 Å². The van der Waals surface area contributed by atoms with Crippen molar-refractivity contribution in [1.82, 2.24) is 0 Å². The second-order valence-corrected chi connectivity index (χ2v) is 4.57. The maximum absolute atomic E-state index is 11.7. The van der Waals surface area contributed by atoms with E-state index in [0.29, 0.717) is 23.8 Å². The minimum Gasteiger partial charge on any atom is -0.462 e. The lowest BCUT2D eigenvalue weighted by Crippen LogP contribution is -2.08. The van der Waals surface area contributed by atoms with Crippen molar-refractivity contribution in [3.8, 4) is 0 Å². The van der Waals surface area contributed by atoms with Crippen molar-refractivity contribution in [2.75, 3.05) is 12.3 Å². The Morgan fingerprint density at radius 1 is 1.41 bits per heavy atom. The monoisotopic (exact) mass is 235 g/mol. The standard InChI is InChI=1S/C14H21NO2/c1-4-17-14(16)12-9-11(6-5-10(2)3)7-8-13(12)15/h7-10H,4-6,15H2,1-3H3. The van der Waals surface area contributed by atoms with Gasteiger partial charge in [-0.1, -0.05) is 19.9 Å². The Kier molecular flexibility index (Phi) is 5.01. The van der Waals surface area contributed by atoms with Gasteiger partial charge in [0.25, 0.3) is 0 Å². The fraction of sp³-hybridized carbons (Fsp3) is 0.500. The zero-order chi connectivity index (χ0) is 12.8. The molecule has 1 aromatic rings. The summed E-state index contributed by atoms with van der Waals surface area (Å²) in [5.74, 6) is 0.315. The van der Waals surface area contributed by atoms with Crippen LogP contribution in [0.4, 0.5) is 5.69 Å². The van der Waals surface area contributed by atoms with Crippen molar-refractivity contribution in [1.29, 1.82) is 0 Å². The van der Waals surface area contributed by atoms with Crippen molar-refractivity contribution >= 4 is 11.7 Å². The number of rotatable bonds is 5. The highest BCUT2D eigenvalue weighted by Gasteiger charge is 2.11. The topological polar surface area (TPSA) is 52.3 Å². The van der Waals surface area contributed by atoms with E-state index in [1.165, 1.54) is 0 Å². The summed E-state index contributed by atoms with van der Waals surface area (Å²) in [6.07, 6.45) is 2.07. The molecule has 0 aromatic heterocycles. The Morgan fingerprint density at radius 2 is 2.12 bits per heavy atom. The number of nitrogens with two attached hydrogens (primary N) is 1. The number of anilines is 1. The second-order valence-electron chi connectivity index (χ2n) is 4.57. The van der Waals surface area contributed by atoms with Gasteiger partial charge in [0.05, 0.1) is 12.2 Å². The average Bonchev–Trinajstić information content (AvgIpc) is 2.28. The Morgan fingerprint density at radius 3 is 2.71 bits per heavy atom. The molecule has 0 aliphatic heterocycles. The third-order valence-corrected chi connectivity index (χ3v) is 2.62. The Labute approximate surface area is 103 Å². The number of benzene rings is 1. The molecule has 0 atom stereocenters. The van der Waals surface area contributed by atoms with Gasteiger partial charge < -0.3 is 10.5 Å². The molecule has 1 rings (SSSR count). The first-order valence-corrected chi connectivity index (χ1v) is 6.10. The minimum absolute atomic E-state index is 0.337. The first kappa shape index (κ1) is 13.6. The minimum atomic E-state index is -0.337. The first-order chi connectivity index (χ1) is 8.04. The van der Waals surface area contributed by atoms with E-state index in [-0.39, 0.29) is 5.97 Å². The van der Waals surface area contributed by atoms with Gasteiger partial charge in [-0.15, -0.1) is 0 Å². The predicted octanol–water partition coefficient (Wildman–Crippen LogP) is 3.03. The van der Waals surface area contributed by atoms with Crippen molar-refractivity contribution in [3.05, 3.63) is 29.3 Å². The molecule has 3 nitrogen and oxygen atoms in total. The van der Waals surface area contributed by atoms with E-state index in [2.05, 4.69) is 13.8 Å². The van der Waals surface area contributed by atoms with Gasteiger partial charge in [0.2, 0.25) is 0 Å². The zero-order valence-corrected chi connectivity index (χ0v) is 10.8. The molecular formula is C14H21NO2. The molecule has 0 aliphatic carbocycles. The number of ether oxygens (including phenoxy) is 1. The fourth-order valence-corrected chi connectivity index (χ4v) is 1.60. The van der Waals surface area contributed by atoms with E-state index < -0.39 is 0 Å². The summed E-state index contributed by atoms with van der Waals surface area (Å²) in [7, 11) is 0. The molecule has 0 bridgehead atoms. The zero-order valence-electron chi connectivity index (χ0n) is 10.8. The summed E-state index contributed by atoms with van der Waals surface area (Å²) in [4.78, 5) is 11.7. The summed E-state index contributed by atoms with van der Waals surface area (Å²) >= 11 is 0. The van der Waals surface area contributed by atoms with Crippen LogP contribution in [-0.2, 0) is 11.2 Å². The summed E-state index contributed by atoms with van der Waals surface area (Å²) in [6.45, 7) is 6.53. The number of hydrogen-bond donors (Lipinski definition) is 1. The Bertz CT molecular complexity index is 386. The molecule has 17 heavy (non-hydrogen) atoms. The van der Waals surface area contributed by atoms with Crippen LogP contribution >= 0.6 is 0 Å². The molecule has 0 aliphatic rings. The quantitative estimate of drug-likeness (QED) is 0.630. The molecule has 0 unspecified atom stereocenters. The molecule has 0 saturated heterocycles. The van der Waals surface area contributed by atoms with Crippen LogP contribution in [0.1, 0.15) is 43.1 Å². The number of carbonyl (C=O) groups is 1. The third kappa shape index (κ3) is 4.10. The van der Waals surface area contributed by atoms with Crippen LogP contribution in [0, 0.1) is 5.92 Å². The first-order valence-electron chi connectivity index (χ1n) is 6.10. The molecule has 3 heteroatoms. The van der Waals surface area contributed by atoms with E-state index >= 15 is 0 Å². The van der Waals surface area contributed by atoms with Crippen LogP contribution in [0.2, 0.25) is 0 Å². The second kappa shape index (κ2) is 6.28. The fourth-order valence-electron chi connectivity index (χ4n) is 1.60. The summed E-state index contributed by atoms with van der Waals surface area (Å²) in [6, 6.07) is 5.60. The Hall–Kier alpha value is -1.51. The lowest BCUT2D eigenvalue weighted by Gasteiger charge is -2.09. The average molecular weight is 235 g/mol. The lowest BCUT2D eigenvalue weighted by molar-refractivity contribution is 0.0527. The molecule has 0 fully saturated rings. The molecule has 2 N–H and O–H groups in total. The molecule has 0 heterocycles. The van der Waals surface area contributed by atoms with Crippen LogP contribution in [-0.4, -0.2) is 12.6 Å². The largest absolute Gasteiger partial charge is 0.462 e. The predicted molar refractivity (Wildman–Crippen MR) is 70.0 cm³/mol. The van der Waals surface area contributed by atoms with Crippen molar-refractivity contribution < 1.29 is 9.53 Å². The van der Waals surface area contributed by atoms with Crippen LogP contribution < -0.4 is 5.73 Å². The van der Waals surface area contributed by atoms with Crippen molar-refractivity contribution in [2.45, 2.75) is 33.6 Å². The van der Waals surface area contributed by atoms with Crippen LogP contribution in [0.25, 0.3) is 0 Å². The van der Waals surface area contributed by atoms with E-state index in [4.69, 9.17) is 10.5 Å². The van der Waals surface area contributed by atoms with E-state index in [1.54, 1.807) is 13.0 Å². The van der Waals surface area contributed by atoms with Crippen molar-refractivity contribution in [2.24, 2.45) is 5.92 Å². The van der Waals surface area contributed by atoms with E-state index in [0.717, 1.165) is 18.4 Å². The molecule has 0 saturated carbocycles. The highest BCUT2D eigenvalue weighted by atomic mass is 16.5. The normalized spacial score (nSPS) is 10.6. The van der Waals surface area contributed by atoms with Crippen molar-refractivity contribution in [3.63, 3.8) is 0 Å². The van der Waals surface area contributed by atoms with Gasteiger partial charge in [-0.3, -0.25) is 0 Å². The lowest BCUT2D eigenvalue weighted by atomic mass is 10.0. The summed E-state index contributed by atoms with van der Waals surface area (Å²) in [5, 5.41) is 0. The molecule has 0 amide bonds. The smallest absolute Gasteiger partial charge is 0.340 e. The highest BCUT2D eigenvalue weighted by Crippen LogP contribution is 2.17. The van der Waals surface area contributed by atoms with Crippen LogP contribution in [0.5, 0.6) is 0 Å². The molecule has 0 spiro atoms. The van der Waals surface area contributed by atoms with Crippen LogP contribution in [0.15, 0.2) is 18.2 Å². The van der Waals surface area contributed by atoms with Gasteiger partial charge in [0.1, 0.15) is 0 Å². The summed E-state index contributed by atoms with van der Waals surface area (Å²) in [5.41, 5.74) is 7.87. The SMILES string of the molecule is CCOC(=O)c1cc(CCC(C)C)ccc1N. The summed E-state index contributed by atoms with van der Waals surface area (Å²) < 4.78 is 4.97. The maximum Gasteiger partial charge on any atom is 0.340 e.